The van der Waals surface area contributed by atoms with Crippen molar-refractivity contribution < 1.29 is 24.3 Å². The van der Waals surface area contributed by atoms with Gasteiger partial charge in [-0.3, -0.25) is 0 Å². The first-order valence-electron chi connectivity index (χ1n) is 10.7. The highest BCUT2D eigenvalue weighted by Gasteiger charge is 2.17. The third-order valence-electron chi connectivity index (χ3n) is 4.81. The van der Waals surface area contributed by atoms with Crippen molar-refractivity contribution in [3.63, 3.8) is 0 Å². The van der Waals surface area contributed by atoms with Crippen molar-refractivity contribution in [2.45, 2.75) is 13.5 Å². The van der Waals surface area contributed by atoms with Gasteiger partial charge in [0.1, 0.15) is 25.1 Å². The van der Waals surface area contributed by atoms with E-state index in [0.29, 0.717) is 32.2 Å². The molecule has 0 saturated heterocycles. The Balaban J connectivity index is 0.000000208. The molecular formula is C25H20Cl3N3O6. The van der Waals surface area contributed by atoms with Crippen LogP contribution in [0.4, 0.5) is 5.82 Å². The Kier molecular flexibility index (Phi) is 9.73. The smallest absolute Gasteiger partial charge is 0.342 e. The summed E-state index contributed by atoms with van der Waals surface area (Å²) >= 11 is 17.4. The summed E-state index contributed by atoms with van der Waals surface area (Å²) in [5.74, 6) is 0.576. The van der Waals surface area contributed by atoms with Crippen LogP contribution in [0.3, 0.4) is 0 Å². The molecule has 0 radical (unpaired) electrons. The summed E-state index contributed by atoms with van der Waals surface area (Å²) < 4.78 is 11.9. The van der Waals surface area contributed by atoms with Crippen LogP contribution in [0, 0.1) is 17.0 Å². The van der Waals surface area contributed by atoms with Crippen LogP contribution < -0.4 is 4.74 Å². The molecule has 9 nitrogen and oxygen atoms in total. The molecule has 0 amide bonds. The van der Waals surface area contributed by atoms with E-state index in [-0.39, 0.29) is 30.5 Å². The third kappa shape index (κ3) is 7.85. The van der Waals surface area contributed by atoms with Crippen molar-refractivity contribution in [3.8, 4) is 17.2 Å². The summed E-state index contributed by atoms with van der Waals surface area (Å²) in [6.07, 6.45) is 1.19. The molecule has 192 valence electrons. The van der Waals surface area contributed by atoms with Crippen LogP contribution in [0.5, 0.6) is 17.2 Å². The Bertz CT molecular complexity index is 1350. The van der Waals surface area contributed by atoms with Crippen LogP contribution in [-0.4, -0.2) is 32.2 Å². The summed E-state index contributed by atoms with van der Waals surface area (Å²) in [6.45, 7) is 1.90. The predicted octanol–water partition coefficient (Wildman–Crippen LogP) is 7.10. The Morgan fingerprint density at radius 3 is 2.30 bits per heavy atom. The summed E-state index contributed by atoms with van der Waals surface area (Å²) in [7, 11) is 0. The lowest BCUT2D eigenvalue weighted by Crippen LogP contribution is -2.13. The van der Waals surface area contributed by atoms with Gasteiger partial charge in [-0.15, -0.1) is 0 Å². The van der Waals surface area contributed by atoms with E-state index in [0.717, 1.165) is 0 Å². The molecule has 0 aliphatic rings. The van der Waals surface area contributed by atoms with Gasteiger partial charge in [-0.1, -0.05) is 53.0 Å². The standard InChI is InChI=1S/C13H13N3O4.C12H7Cl3O2/c1-10-14-9-12(16(18)19)15(10)7-8-20-13(17)11-5-3-2-4-6-11;13-7-1-3-11(9(15)5-7)17-12-4-2-8(14)6-10(12)16/h2-6,9H,7-8H2,1H3;1-6,16H. The zero-order valence-corrected chi connectivity index (χ0v) is 21.6. The first-order chi connectivity index (χ1) is 17.7. The van der Waals surface area contributed by atoms with Crippen LogP contribution in [0.15, 0.2) is 72.9 Å². The highest BCUT2D eigenvalue weighted by molar-refractivity contribution is 6.35. The summed E-state index contributed by atoms with van der Waals surface area (Å²) in [6, 6.07) is 18.0. The normalized spacial score (nSPS) is 10.3. The van der Waals surface area contributed by atoms with E-state index in [1.807, 2.05) is 0 Å². The van der Waals surface area contributed by atoms with E-state index in [4.69, 9.17) is 44.3 Å². The Morgan fingerprint density at radius 1 is 1.03 bits per heavy atom. The van der Waals surface area contributed by atoms with Crippen LogP contribution in [0.1, 0.15) is 16.2 Å². The lowest BCUT2D eigenvalue weighted by atomic mass is 10.2. The van der Waals surface area contributed by atoms with E-state index in [9.17, 15) is 20.0 Å². The lowest BCUT2D eigenvalue weighted by Gasteiger charge is -2.09. The number of phenolic OH excluding ortho intramolecular Hbond substituents is 1. The highest BCUT2D eigenvalue weighted by atomic mass is 35.5. The molecule has 0 unspecified atom stereocenters. The second-order valence-electron chi connectivity index (χ2n) is 7.36. The molecule has 0 fully saturated rings. The number of carbonyl (C=O) groups excluding carboxylic acids is 1. The van der Waals surface area contributed by atoms with Gasteiger partial charge in [0, 0.05) is 23.0 Å². The SMILES string of the molecule is Cc1ncc([N+](=O)[O-])n1CCOC(=O)c1ccccc1.Oc1cc(Cl)ccc1Oc1ccc(Cl)cc1Cl. The molecule has 1 aromatic heterocycles. The number of rotatable bonds is 7. The van der Waals surface area contributed by atoms with E-state index in [1.165, 1.54) is 16.8 Å². The van der Waals surface area contributed by atoms with Crippen molar-refractivity contribution >= 4 is 46.6 Å². The number of ether oxygens (including phenoxy) is 2. The second kappa shape index (κ2) is 13.0. The van der Waals surface area contributed by atoms with Gasteiger partial charge in [-0.05, 0) is 47.4 Å². The van der Waals surface area contributed by atoms with Crippen LogP contribution in [-0.2, 0) is 11.3 Å². The molecule has 0 atom stereocenters. The maximum atomic E-state index is 11.7. The van der Waals surface area contributed by atoms with Gasteiger partial charge >= 0.3 is 11.8 Å². The topological polar surface area (TPSA) is 117 Å². The Hall–Kier alpha value is -3.79. The summed E-state index contributed by atoms with van der Waals surface area (Å²) in [5, 5.41) is 21.7. The fourth-order valence-corrected chi connectivity index (χ4v) is 3.63. The van der Waals surface area contributed by atoms with E-state index in [1.54, 1.807) is 67.6 Å². The fraction of sp³-hybridized carbons (Fsp3) is 0.120. The van der Waals surface area contributed by atoms with Gasteiger partial charge in [-0.2, -0.15) is 0 Å². The monoisotopic (exact) mass is 563 g/mol. The molecule has 37 heavy (non-hydrogen) atoms. The molecule has 0 aliphatic carbocycles. The zero-order chi connectivity index (χ0) is 26.9. The largest absolute Gasteiger partial charge is 0.504 e. The van der Waals surface area contributed by atoms with Crippen molar-refractivity contribution in [1.82, 2.24) is 9.55 Å². The molecule has 0 spiro atoms. The Morgan fingerprint density at radius 2 is 1.68 bits per heavy atom. The number of hydrogen-bond acceptors (Lipinski definition) is 7. The number of esters is 1. The van der Waals surface area contributed by atoms with Gasteiger partial charge in [-0.25, -0.2) is 14.3 Å². The van der Waals surface area contributed by atoms with E-state index >= 15 is 0 Å². The number of nitro groups is 1. The minimum absolute atomic E-state index is 0.0474. The Labute approximate surface area is 226 Å². The number of halogens is 3. The van der Waals surface area contributed by atoms with Gasteiger partial charge in [0.15, 0.2) is 17.3 Å². The number of carbonyl (C=O) groups is 1. The van der Waals surface area contributed by atoms with Crippen molar-refractivity contribution in [3.05, 3.63) is 109 Å². The predicted molar refractivity (Wildman–Crippen MR) is 140 cm³/mol. The number of aromatic nitrogens is 2. The highest BCUT2D eigenvalue weighted by Crippen LogP contribution is 2.36. The lowest BCUT2D eigenvalue weighted by molar-refractivity contribution is -0.392. The molecular weight excluding hydrogens is 545 g/mol. The number of aromatic hydroxyl groups is 1. The van der Waals surface area contributed by atoms with Gasteiger partial charge in [0.05, 0.1) is 10.6 Å². The molecule has 4 rings (SSSR count). The average Bonchev–Trinajstić information content (AvgIpc) is 3.23. The molecule has 3 aromatic carbocycles. The molecule has 1 N–H and O–H groups in total. The average molecular weight is 565 g/mol. The molecule has 4 aromatic rings. The molecule has 1 heterocycles. The van der Waals surface area contributed by atoms with Gasteiger partial charge in [0.2, 0.25) is 0 Å². The molecule has 0 saturated carbocycles. The van der Waals surface area contributed by atoms with Gasteiger partial charge in [0.25, 0.3) is 0 Å². The number of aryl methyl sites for hydroxylation is 1. The van der Waals surface area contributed by atoms with E-state index < -0.39 is 10.9 Å². The van der Waals surface area contributed by atoms with Crippen LogP contribution >= 0.6 is 34.8 Å². The van der Waals surface area contributed by atoms with Crippen LogP contribution in [0.2, 0.25) is 15.1 Å². The molecule has 0 aliphatic heterocycles. The fourth-order valence-electron chi connectivity index (χ4n) is 3.02. The quantitative estimate of drug-likeness (QED) is 0.144. The molecule has 0 bridgehead atoms. The summed E-state index contributed by atoms with van der Waals surface area (Å²) in [4.78, 5) is 25.8. The first kappa shape index (κ1) is 27.8. The number of nitrogens with zero attached hydrogens (tertiary/aromatic N) is 3. The van der Waals surface area contributed by atoms with E-state index in [2.05, 4.69) is 4.98 Å². The second-order valence-corrected chi connectivity index (χ2v) is 8.64. The maximum Gasteiger partial charge on any atom is 0.342 e. The van der Waals surface area contributed by atoms with Gasteiger partial charge < -0.3 is 24.7 Å². The van der Waals surface area contributed by atoms with Crippen molar-refractivity contribution in [2.24, 2.45) is 0 Å². The number of phenols is 1. The number of hydrogen-bond donors (Lipinski definition) is 1. The van der Waals surface area contributed by atoms with Crippen LogP contribution in [0.25, 0.3) is 0 Å². The number of benzene rings is 3. The van der Waals surface area contributed by atoms with Crippen molar-refractivity contribution in [2.75, 3.05) is 6.61 Å². The maximum absolute atomic E-state index is 11.7. The minimum Gasteiger partial charge on any atom is -0.504 e. The molecule has 12 heteroatoms. The minimum atomic E-state index is -0.515. The summed E-state index contributed by atoms with van der Waals surface area (Å²) in [5.41, 5.74) is 0.448. The van der Waals surface area contributed by atoms with Crippen molar-refractivity contribution in [1.29, 1.82) is 0 Å². The number of imidazole rings is 1. The first-order valence-corrected chi connectivity index (χ1v) is 11.8. The zero-order valence-electron chi connectivity index (χ0n) is 19.3. The third-order valence-corrected chi connectivity index (χ3v) is 5.58.